The third-order valence-corrected chi connectivity index (χ3v) is 8.22. The zero-order valence-corrected chi connectivity index (χ0v) is 24.4. The lowest BCUT2D eigenvalue weighted by atomic mass is 10.00. The van der Waals surface area contributed by atoms with Crippen LogP contribution in [-0.4, -0.2) is 62.5 Å². The number of pyridine rings is 2. The maximum atomic E-state index is 16.1. The topological polar surface area (TPSA) is 96.3 Å². The molecule has 4 aromatic rings. The van der Waals surface area contributed by atoms with E-state index < -0.39 is 17.3 Å². The van der Waals surface area contributed by atoms with Gasteiger partial charge in [-0.3, -0.25) is 9.78 Å². The number of nitrogens with one attached hydrogen (secondary N) is 1. The Labute approximate surface area is 247 Å². The fraction of sp³-hybridized carbons (Fsp3) is 0.344. The number of benzene rings is 1. The minimum Gasteiger partial charge on any atom is -0.350 e. The first-order chi connectivity index (χ1) is 20.7. The lowest BCUT2D eigenvalue weighted by Gasteiger charge is -2.40. The second-order valence-corrected chi connectivity index (χ2v) is 11.3. The van der Waals surface area contributed by atoms with Crippen LogP contribution < -0.4 is 15.9 Å². The Kier molecular flexibility index (Phi) is 7.51. The molecule has 5 heterocycles. The fourth-order valence-electron chi connectivity index (χ4n) is 6.12. The second-order valence-electron chi connectivity index (χ2n) is 11.3. The minimum absolute atomic E-state index is 0.0488. The van der Waals surface area contributed by atoms with Crippen LogP contribution in [0, 0.1) is 11.6 Å². The summed E-state index contributed by atoms with van der Waals surface area (Å²) in [5.41, 5.74) is 2.10. The Bertz CT molecular complexity index is 1820. The van der Waals surface area contributed by atoms with Gasteiger partial charge in [0.15, 0.2) is 5.65 Å². The predicted octanol–water partition coefficient (Wildman–Crippen LogP) is 4.11. The molecule has 1 amide bonds. The number of fused-ring (bicyclic) bond motifs is 5. The van der Waals surface area contributed by atoms with Crippen LogP contribution in [0.4, 0.5) is 14.6 Å². The number of amides is 1. The van der Waals surface area contributed by atoms with Gasteiger partial charge in [-0.2, -0.15) is 4.98 Å². The van der Waals surface area contributed by atoms with E-state index in [0.717, 1.165) is 5.56 Å². The predicted molar refractivity (Wildman–Crippen MR) is 161 cm³/mol. The van der Waals surface area contributed by atoms with Crippen molar-refractivity contribution in [3.05, 3.63) is 88.1 Å². The van der Waals surface area contributed by atoms with E-state index >= 15 is 8.78 Å². The molecule has 43 heavy (non-hydrogen) atoms. The van der Waals surface area contributed by atoms with E-state index in [-0.39, 0.29) is 40.6 Å². The van der Waals surface area contributed by atoms with Crippen LogP contribution in [0.3, 0.4) is 0 Å². The third kappa shape index (κ3) is 4.97. The Morgan fingerprint density at radius 1 is 1.14 bits per heavy atom. The number of rotatable bonds is 3. The normalized spacial score (nSPS) is 16.9. The molecule has 9 nitrogen and oxygen atoms in total. The molecular weight excluding hydrogens is 552 g/mol. The SMILES string of the molecule is C=CC(=O)N1CCN(c2nc(=O)n3c4nc(c(F)cc24)-c2c(F)cccc2CNCCc2ccnc(C(C)C)c2-3)[C@@H](C)C1. The second kappa shape index (κ2) is 11.3. The van der Waals surface area contributed by atoms with Crippen LogP contribution in [-0.2, 0) is 17.8 Å². The smallest absolute Gasteiger partial charge is 0.350 e. The average molecular weight is 586 g/mol. The molecule has 6 rings (SSSR count). The number of hydrogen-bond donors (Lipinski definition) is 1. The molecule has 1 atom stereocenters. The van der Waals surface area contributed by atoms with Crippen LogP contribution in [0.1, 0.15) is 43.5 Å². The van der Waals surface area contributed by atoms with Crippen LogP contribution in [0.5, 0.6) is 0 Å². The highest BCUT2D eigenvalue weighted by Crippen LogP contribution is 2.35. The van der Waals surface area contributed by atoms with Gasteiger partial charge in [-0.05, 0) is 61.2 Å². The van der Waals surface area contributed by atoms with Crippen molar-refractivity contribution >= 4 is 22.8 Å². The molecule has 2 aliphatic rings. The molecule has 11 heteroatoms. The largest absolute Gasteiger partial charge is 0.355 e. The van der Waals surface area contributed by atoms with Gasteiger partial charge in [-0.15, -0.1) is 0 Å². The maximum Gasteiger partial charge on any atom is 0.355 e. The molecule has 0 aliphatic carbocycles. The highest BCUT2D eigenvalue weighted by atomic mass is 19.1. The molecule has 0 unspecified atom stereocenters. The van der Waals surface area contributed by atoms with Crippen LogP contribution in [0.15, 0.2) is 54.0 Å². The Morgan fingerprint density at radius 2 is 1.95 bits per heavy atom. The molecule has 1 saturated heterocycles. The molecule has 2 bridgehead atoms. The molecule has 0 saturated carbocycles. The monoisotopic (exact) mass is 585 g/mol. The quantitative estimate of drug-likeness (QED) is 0.362. The van der Waals surface area contributed by atoms with E-state index in [1.807, 2.05) is 31.7 Å². The third-order valence-electron chi connectivity index (χ3n) is 8.22. The molecular formula is C32H33F2N7O2. The molecule has 1 fully saturated rings. The Hall–Kier alpha value is -4.51. The van der Waals surface area contributed by atoms with E-state index in [1.54, 1.807) is 23.2 Å². The molecule has 3 aromatic heterocycles. The molecule has 1 N–H and O–H groups in total. The number of carbonyl (C=O) groups is 1. The minimum atomic E-state index is -0.729. The lowest BCUT2D eigenvalue weighted by Crippen LogP contribution is -2.54. The number of anilines is 1. The van der Waals surface area contributed by atoms with Crippen molar-refractivity contribution < 1.29 is 13.6 Å². The van der Waals surface area contributed by atoms with Crippen LogP contribution in [0.25, 0.3) is 28.0 Å². The summed E-state index contributed by atoms with van der Waals surface area (Å²) in [4.78, 5) is 43.9. The van der Waals surface area contributed by atoms with Gasteiger partial charge in [-0.1, -0.05) is 32.6 Å². The number of hydrogen-bond acceptors (Lipinski definition) is 7. The summed E-state index contributed by atoms with van der Waals surface area (Å²) in [6.45, 7) is 11.4. The first-order valence-electron chi connectivity index (χ1n) is 14.5. The van der Waals surface area contributed by atoms with E-state index in [4.69, 9.17) is 4.98 Å². The van der Waals surface area contributed by atoms with E-state index in [0.29, 0.717) is 61.5 Å². The van der Waals surface area contributed by atoms with Crippen molar-refractivity contribution in [1.29, 1.82) is 0 Å². The van der Waals surface area contributed by atoms with Crippen molar-refractivity contribution in [3.8, 4) is 16.9 Å². The number of piperazine rings is 1. The van der Waals surface area contributed by atoms with Gasteiger partial charge < -0.3 is 15.1 Å². The zero-order valence-electron chi connectivity index (χ0n) is 24.4. The summed E-state index contributed by atoms with van der Waals surface area (Å²) in [6.07, 6.45) is 3.56. The van der Waals surface area contributed by atoms with Crippen LogP contribution in [0.2, 0.25) is 0 Å². The average Bonchev–Trinajstić information content (AvgIpc) is 2.98. The van der Waals surface area contributed by atoms with Crippen LogP contribution >= 0.6 is 0 Å². The fourth-order valence-corrected chi connectivity index (χ4v) is 6.12. The van der Waals surface area contributed by atoms with Gasteiger partial charge in [-0.25, -0.2) is 23.1 Å². The highest BCUT2D eigenvalue weighted by molar-refractivity contribution is 5.91. The van der Waals surface area contributed by atoms with Crippen molar-refractivity contribution in [2.45, 2.75) is 45.7 Å². The molecule has 2 aliphatic heterocycles. The summed E-state index contributed by atoms with van der Waals surface area (Å²) in [5.74, 6) is -1.30. The van der Waals surface area contributed by atoms with Gasteiger partial charge in [0.1, 0.15) is 23.1 Å². The van der Waals surface area contributed by atoms with Gasteiger partial charge in [0.05, 0.1) is 16.8 Å². The number of nitrogens with zero attached hydrogens (tertiary/aromatic N) is 6. The lowest BCUT2D eigenvalue weighted by molar-refractivity contribution is -0.126. The van der Waals surface area contributed by atoms with Gasteiger partial charge in [0.2, 0.25) is 5.91 Å². The summed E-state index contributed by atoms with van der Waals surface area (Å²) in [7, 11) is 0. The van der Waals surface area contributed by atoms with Gasteiger partial charge in [0.25, 0.3) is 0 Å². The first-order valence-corrected chi connectivity index (χ1v) is 14.5. The molecule has 0 spiro atoms. The standard InChI is InChI=1S/C32H33F2N7O2/c1-5-25(42)39-13-14-40(19(4)17-39)30-22-15-24(34)28-26-21(7-6-8-23(26)33)16-35-11-9-20-10-12-36-27(18(2)3)29(20)41(31(22)37-28)32(43)38-30/h5-8,10,12,15,18-19,35H,1,9,11,13-14,16-17H2,2-4H3/t19-/m0/s1. The number of halogens is 2. The van der Waals surface area contributed by atoms with Gasteiger partial charge >= 0.3 is 5.69 Å². The maximum absolute atomic E-state index is 16.1. The highest BCUT2D eigenvalue weighted by Gasteiger charge is 2.31. The summed E-state index contributed by atoms with van der Waals surface area (Å²) >= 11 is 0. The molecule has 0 radical (unpaired) electrons. The summed E-state index contributed by atoms with van der Waals surface area (Å²) in [5, 5.41) is 3.65. The molecule has 222 valence electrons. The van der Waals surface area contributed by atoms with Crippen molar-refractivity contribution in [3.63, 3.8) is 0 Å². The van der Waals surface area contributed by atoms with Crippen molar-refractivity contribution in [2.75, 3.05) is 31.1 Å². The summed E-state index contributed by atoms with van der Waals surface area (Å²) in [6, 6.07) is 7.55. The Balaban J connectivity index is 1.68. The first kappa shape index (κ1) is 28.6. The summed E-state index contributed by atoms with van der Waals surface area (Å²) < 4.78 is 33.0. The number of carbonyl (C=O) groups excluding carboxylic acids is 1. The van der Waals surface area contributed by atoms with E-state index in [9.17, 15) is 9.59 Å². The van der Waals surface area contributed by atoms with E-state index in [2.05, 4.69) is 21.9 Å². The molecule has 1 aromatic carbocycles. The van der Waals surface area contributed by atoms with Gasteiger partial charge in [0, 0.05) is 44.0 Å². The Morgan fingerprint density at radius 3 is 2.70 bits per heavy atom. The van der Waals surface area contributed by atoms with Crippen molar-refractivity contribution in [2.24, 2.45) is 0 Å². The zero-order chi connectivity index (χ0) is 30.4. The number of aromatic nitrogens is 4. The van der Waals surface area contributed by atoms with Crippen molar-refractivity contribution in [1.82, 2.24) is 29.7 Å². The van der Waals surface area contributed by atoms with E-state index in [1.165, 1.54) is 22.8 Å².